The summed E-state index contributed by atoms with van der Waals surface area (Å²) in [7, 11) is 1.63. The zero-order chi connectivity index (χ0) is 13.0. The van der Waals surface area contributed by atoms with Crippen LogP contribution in [0.25, 0.3) is 0 Å². The van der Waals surface area contributed by atoms with E-state index < -0.39 is 0 Å². The molecule has 0 radical (unpaired) electrons. The van der Waals surface area contributed by atoms with Gasteiger partial charge in [-0.3, -0.25) is 4.98 Å². The summed E-state index contributed by atoms with van der Waals surface area (Å²) in [5.74, 6) is 0.785. The zero-order valence-electron chi connectivity index (χ0n) is 10.5. The minimum Gasteiger partial charge on any atom is -0.497 e. The number of aliphatic hydroxyl groups excluding tert-OH is 1. The van der Waals surface area contributed by atoms with E-state index in [9.17, 15) is 0 Å². The first-order valence-corrected chi connectivity index (χ1v) is 5.72. The van der Waals surface area contributed by atoms with Crippen LogP contribution in [0.4, 0.5) is 0 Å². The van der Waals surface area contributed by atoms with Gasteiger partial charge in [-0.1, -0.05) is 5.21 Å². The molecule has 2 heterocycles. The van der Waals surface area contributed by atoms with E-state index in [2.05, 4.69) is 15.3 Å². The molecule has 0 aliphatic carbocycles. The molecule has 0 atom stereocenters. The molecule has 0 bridgehead atoms. The molecular weight excluding hydrogens is 232 g/mol. The minimum absolute atomic E-state index is 0.0786. The van der Waals surface area contributed by atoms with Gasteiger partial charge in [0, 0.05) is 37.1 Å². The summed E-state index contributed by atoms with van der Waals surface area (Å²) in [6.07, 6.45) is 2.33. The number of pyridine rings is 1. The van der Waals surface area contributed by atoms with Crippen molar-refractivity contribution in [1.82, 2.24) is 20.0 Å². The molecule has 2 aromatic heterocycles. The number of methoxy groups -OCH3 is 1. The Kier molecular flexibility index (Phi) is 3.88. The van der Waals surface area contributed by atoms with Gasteiger partial charge in [0.2, 0.25) is 0 Å². The van der Waals surface area contributed by atoms with E-state index in [1.165, 1.54) is 0 Å². The van der Waals surface area contributed by atoms with E-state index >= 15 is 0 Å². The predicted molar refractivity (Wildman–Crippen MR) is 65.4 cm³/mol. The molecule has 2 rings (SSSR count). The Morgan fingerprint density at radius 3 is 2.89 bits per heavy atom. The highest BCUT2D eigenvalue weighted by Crippen LogP contribution is 2.14. The van der Waals surface area contributed by atoms with Crippen LogP contribution in [0, 0.1) is 6.92 Å². The molecule has 0 spiro atoms. The Balaban J connectivity index is 2.14. The monoisotopic (exact) mass is 248 g/mol. The average Bonchev–Trinajstić information content (AvgIpc) is 2.76. The van der Waals surface area contributed by atoms with Crippen molar-refractivity contribution in [3.63, 3.8) is 0 Å². The van der Waals surface area contributed by atoms with Gasteiger partial charge in [-0.15, -0.1) is 5.10 Å². The third-order valence-electron chi connectivity index (χ3n) is 2.49. The molecule has 0 amide bonds. The molecule has 0 aliphatic heterocycles. The molecule has 2 aromatic rings. The molecular formula is C12H16N4O2. The van der Waals surface area contributed by atoms with E-state index in [1.807, 2.05) is 25.3 Å². The Labute approximate surface area is 105 Å². The number of hydrogen-bond donors (Lipinski definition) is 1. The van der Waals surface area contributed by atoms with Gasteiger partial charge in [-0.05, 0) is 6.92 Å². The first-order valence-electron chi connectivity index (χ1n) is 5.72. The van der Waals surface area contributed by atoms with Gasteiger partial charge < -0.3 is 9.84 Å². The van der Waals surface area contributed by atoms with Gasteiger partial charge in [0.05, 0.1) is 25.0 Å². The normalized spacial score (nSPS) is 10.6. The molecule has 0 saturated heterocycles. The Morgan fingerprint density at radius 2 is 2.17 bits per heavy atom. The van der Waals surface area contributed by atoms with Gasteiger partial charge in [0.15, 0.2) is 0 Å². The maximum Gasteiger partial charge on any atom is 0.122 e. The summed E-state index contributed by atoms with van der Waals surface area (Å²) in [6.45, 7) is 2.54. The second-order valence-corrected chi connectivity index (χ2v) is 4.02. The molecule has 96 valence electrons. The summed E-state index contributed by atoms with van der Waals surface area (Å²) in [4.78, 5) is 4.41. The van der Waals surface area contributed by atoms with Crippen molar-refractivity contribution in [2.75, 3.05) is 13.7 Å². The summed E-state index contributed by atoms with van der Waals surface area (Å²) >= 11 is 0. The number of hydrogen-bond acceptors (Lipinski definition) is 5. The fourth-order valence-electron chi connectivity index (χ4n) is 1.71. The van der Waals surface area contributed by atoms with Crippen molar-refractivity contribution >= 4 is 0 Å². The van der Waals surface area contributed by atoms with Crippen LogP contribution >= 0.6 is 0 Å². The lowest BCUT2D eigenvalue weighted by Crippen LogP contribution is -2.04. The SMILES string of the molecule is COc1cc(C)nc(Cn2cc(CCO)nn2)c1. The maximum atomic E-state index is 8.82. The number of aryl methyl sites for hydroxylation is 1. The lowest BCUT2D eigenvalue weighted by atomic mass is 10.3. The number of rotatable bonds is 5. The topological polar surface area (TPSA) is 73.1 Å². The molecule has 6 heteroatoms. The van der Waals surface area contributed by atoms with Crippen LogP contribution in [0.15, 0.2) is 18.3 Å². The maximum absolute atomic E-state index is 8.82. The number of ether oxygens (including phenoxy) is 1. The smallest absolute Gasteiger partial charge is 0.122 e. The molecule has 0 aromatic carbocycles. The first-order chi connectivity index (χ1) is 8.71. The highest BCUT2D eigenvalue weighted by molar-refractivity contribution is 5.26. The molecule has 1 N–H and O–H groups in total. The summed E-state index contributed by atoms with van der Waals surface area (Å²) in [5.41, 5.74) is 2.55. The van der Waals surface area contributed by atoms with Crippen molar-refractivity contribution in [2.24, 2.45) is 0 Å². The van der Waals surface area contributed by atoms with Crippen LogP contribution in [0.3, 0.4) is 0 Å². The van der Waals surface area contributed by atoms with Gasteiger partial charge in [0.1, 0.15) is 5.75 Å². The van der Waals surface area contributed by atoms with Crippen molar-refractivity contribution < 1.29 is 9.84 Å². The van der Waals surface area contributed by atoms with Gasteiger partial charge in [-0.2, -0.15) is 0 Å². The molecule has 18 heavy (non-hydrogen) atoms. The van der Waals surface area contributed by atoms with Gasteiger partial charge in [0.25, 0.3) is 0 Å². The Bertz CT molecular complexity index is 525. The first kappa shape index (κ1) is 12.5. The predicted octanol–water partition coefficient (Wildman–Crippen LogP) is 0.573. The fraction of sp³-hybridized carbons (Fsp3) is 0.417. The summed E-state index contributed by atoms with van der Waals surface area (Å²) in [5, 5.41) is 16.8. The van der Waals surface area contributed by atoms with E-state index in [0.717, 1.165) is 22.8 Å². The third kappa shape index (κ3) is 3.04. The molecule has 0 aliphatic rings. The lowest BCUT2D eigenvalue weighted by molar-refractivity contribution is 0.298. The third-order valence-corrected chi connectivity index (χ3v) is 2.49. The summed E-state index contributed by atoms with van der Waals surface area (Å²) < 4.78 is 6.90. The largest absolute Gasteiger partial charge is 0.497 e. The zero-order valence-corrected chi connectivity index (χ0v) is 10.5. The van der Waals surface area contributed by atoms with E-state index in [-0.39, 0.29) is 6.61 Å². The van der Waals surface area contributed by atoms with Crippen molar-refractivity contribution in [3.05, 3.63) is 35.4 Å². The van der Waals surface area contributed by atoms with Crippen LogP contribution < -0.4 is 4.74 Å². The van der Waals surface area contributed by atoms with Crippen molar-refractivity contribution in [2.45, 2.75) is 19.9 Å². The number of aliphatic hydroxyl groups is 1. The lowest BCUT2D eigenvalue weighted by Gasteiger charge is -2.05. The Morgan fingerprint density at radius 1 is 1.33 bits per heavy atom. The highest BCUT2D eigenvalue weighted by Gasteiger charge is 2.04. The van der Waals surface area contributed by atoms with Crippen molar-refractivity contribution in [1.29, 1.82) is 0 Å². The highest BCUT2D eigenvalue weighted by atomic mass is 16.5. The van der Waals surface area contributed by atoms with Gasteiger partial charge in [-0.25, -0.2) is 4.68 Å². The molecule has 0 fully saturated rings. The van der Waals surface area contributed by atoms with Crippen LogP contribution in [-0.2, 0) is 13.0 Å². The van der Waals surface area contributed by atoms with E-state index in [0.29, 0.717) is 13.0 Å². The molecule has 0 unspecified atom stereocenters. The fourth-order valence-corrected chi connectivity index (χ4v) is 1.71. The molecule has 0 saturated carbocycles. The van der Waals surface area contributed by atoms with Crippen molar-refractivity contribution in [3.8, 4) is 5.75 Å². The van der Waals surface area contributed by atoms with E-state index in [1.54, 1.807) is 11.8 Å². The minimum atomic E-state index is 0.0786. The van der Waals surface area contributed by atoms with Crippen LogP contribution in [-0.4, -0.2) is 38.8 Å². The van der Waals surface area contributed by atoms with Gasteiger partial charge >= 0.3 is 0 Å². The van der Waals surface area contributed by atoms with E-state index in [4.69, 9.17) is 9.84 Å². The van der Waals surface area contributed by atoms with Crippen LogP contribution in [0.5, 0.6) is 5.75 Å². The molecule has 6 nitrogen and oxygen atoms in total. The standard InChI is InChI=1S/C12H16N4O2/c1-9-5-12(18-2)6-11(13-9)8-16-7-10(3-4-17)14-15-16/h5-7,17H,3-4,8H2,1-2H3. The van der Waals surface area contributed by atoms with Crippen LogP contribution in [0.2, 0.25) is 0 Å². The number of nitrogens with zero attached hydrogens (tertiary/aromatic N) is 4. The van der Waals surface area contributed by atoms with Crippen LogP contribution in [0.1, 0.15) is 17.1 Å². The second kappa shape index (κ2) is 5.59. The second-order valence-electron chi connectivity index (χ2n) is 4.02. The average molecular weight is 248 g/mol. The Hall–Kier alpha value is -1.95. The number of aromatic nitrogens is 4. The summed E-state index contributed by atoms with van der Waals surface area (Å²) in [6, 6.07) is 3.75. The quantitative estimate of drug-likeness (QED) is 0.837.